The molecule has 0 bridgehead atoms. The van der Waals surface area contributed by atoms with E-state index in [9.17, 15) is 0 Å². The van der Waals surface area contributed by atoms with E-state index in [0.717, 1.165) is 50.1 Å². The SMILES string of the molecule is c1ccc(-c2cc(-c3ccccn3)cc(-c3ccc4ccc5c(-c6nc7ccccc7o6)ccc6ccc3c4c65)c2)nc1. The number of rotatable bonds is 4. The zero-order chi connectivity index (χ0) is 28.3. The van der Waals surface area contributed by atoms with Gasteiger partial charge in [0.2, 0.25) is 5.89 Å². The van der Waals surface area contributed by atoms with Crippen LogP contribution in [0.4, 0.5) is 0 Å². The van der Waals surface area contributed by atoms with Gasteiger partial charge in [0.25, 0.3) is 0 Å². The summed E-state index contributed by atoms with van der Waals surface area (Å²) in [6, 6.07) is 44.3. The lowest BCUT2D eigenvalue weighted by molar-refractivity contribution is 0.620. The van der Waals surface area contributed by atoms with E-state index in [-0.39, 0.29) is 0 Å². The summed E-state index contributed by atoms with van der Waals surface area (Å²) in [5.74, 6) is 0.641. The third kappa shape index (κ3) is 3.81. The first-order chi connectivity index (χ1) is 21.3. The van der Waals surface area contributed by atoms with E-state index in [1.807, 2.05) is 60.9 Å². The number of oxazole rings is 1. The Morgan fingerprint density at radius 1 is 0.465 bits per heavy atom. The fourth-order valence-corrected chi connectivity index (χ4v) is 6.37. The summed E-state index contributed by atoms with van der Waals surface area (Å²) in [5.41, 5.74) is 8.93. The van der Waals surface area contributed by atoms with Crippen LogP contribution < -0.4 is 0 Å². The summed E-state index contributed by atoms with van der Waals surface area (Å²) in [4.78, 5) is 14.2. The number of aromatic nitrogens is 3. The predicted molar refractivity (Wildman–Crippen MR) is 175 cm³/mol. The van der Waals surface area contributed by atoms with Gasteiger partial charge in [0.05, 0.1) is 11.4 Å². The predicted octanol–water partition coefficient (Wildman–Crippen LogP) is 10.2. The molecule has 0 spiro atoms. The maximum atomic E-state index is 6.22. The largest absolute Gasteiger partial charge is 0.436 e. The molecule has 4 heteroatoms. The molecule has 0 saturated heterocycles. The summed E-state index contributed by atoms with van der Waals surface area (Å²) in [5, 5.41) is 7.21. The second kappa shape index (κ2) is 9.33. The Hall–Kier alpha value is -5.87. The number of nitrogens with zero attached hydrogens (tertiary/aromatic N) is 3. The van der Waals surface area contributed by atoms with Crippen molar-refractivity contribution in [1.82, 2.24) is 15.0 Å². The van der Waals surface area contributed by atoms with Crippen LogP contribution in [0, 0.1) is 0 Å². The number of hydrogen-bond acceptors (Lipinski definition) is 4. The van der Waals surface area contributed by atoms with E-state index in [2.05, 4.69) is 88.8 Å². The molecule has 0 aliphatic carbocycles. The number of hydrogen-bond donors (Lipinski definition) is 0. The van der Waals surface area contributed by atoms with Gasteiger partial charge in [-0.15, -0.1) is 0 Å². The van der Waals surface area contributed by atoms with Crippen molar-refractivity contribution >= 4 is 43.4 Å². The summed E-state index contributed by atoms with van der Waals surface area (Å²) in [7, 11) is 0. The zero-order valence-electron chi connectivity index (χ0n) is 23.0. The summed E-state index contributed by atoms with van der Waals surface area (Å²) < 4.78 is 6.22. The minimum atomic E-state index is 0.641. The fourth-order valence-electron chi connectivity index (χ4n) is 6.37. The highest BCUT2D eigenvalue weighted by molar-refractivity contribution is 6.27. The third-order valence-electron chi connectivity index (χ3n) is 8.35. The van der Waals surface area contributed by atoms with Gasteiger partial charge in [0, 0.05) is 29.1 Å². The molecular formula is C39H23N3O. The molecule has 0 unspecified atom stereocenters. The Morgan fingerprint density at radius 3 is 1.65 bits per heavy atom. The maximum absolute atomic E-state index is 6.22. The lowest BCUT2D eigenvalue weighted by Gasteiger charge is -2.16. The lowest BCUT2D eigenvalue weighted by atomic mass is 9.87. The van der Waals surface area contributed by atoms with Gasteiger partial charge in [-0.1, -0.05) is 66.7 Å². The summed E-state index contributed by atoms with van der Waals surface area (Å²) in [6.07, 6.45) is 3.68. The van der Waals surface area contributed by atoms with Gasteiger partial charge in [-0.25, -0.2) is 4.98 Å². The van der Waals surface area contributed by atoms with Crippen LogP contribution in [0.5, 0.6) is 0 Å². The standard InChI is InChI=1S/C39H23N3O/c1-2-10-36-35(9-1)42-39(43-36)32-18-14-25-12-16-30-29(15-11-24-13-17-31(32)38(25)37(24)30)26-21-27(33-7-3-5-19-40-33)23-28(22-26)34-8-4-6-20-41-34/h1-23H. The second-order valence-electron chi connectivity index (χ2n) is 10.9. The first kappa shape index (κ1) is 23.8. The van der Waals surface area contributed by atoms with Crippen molar-refractivity contribution in [1.29, 1.82) is 0 Å². The van der Waals surface area contributed by atoms with Crippen LogP contribution in [-0.2, 0) is 0 Å². The van der Waals surface area contributed by atoms with Crippen LogP contribution >= 0.6 is 0 Å². The van der Waals surface area contributed by atoms with Gasteiger partial charge in [-0.3, -0.25) is 9.97 Å². The van der Waals surface area contributed by atoms with Crippen molar-refractivity contribution < 1.29 is 4.42 Å². The number of pyridine rings is 2. The molecule has 0 atom stereocenters. The zero-order valence-corrected chi connectivity index (χ0v) is 23.0. The normalized spacial score (nSPS) is 11.7. The molecule has 3 heterocycles. The Labute approximate surface area is 247 Å². The second-order valence-corrected chi connectivity index (χ2v) is 10.9. The molecule has 200 valence electrons. The van der Waals surface area contributed by atoms with Crippen LogP contribution in [0.2, 0.25) is 0 Å². The molecule has 0 amide bonds. The van der Waals surface area contributed by atoms with Crippen molar-refractivity contribution in [3.8, 4) is 45.1 Å². The molecule has 0 saturated carbocycles. The smallest absolute Gasteiger partial charge is 0.227 e. The molecular weight excluding hydrogens is 526 g/mol. The highest BCUT2D eigenvalue weighted by Gasteiger charge is 2.18. The van der Waals surface area contributed by atoms with Gasteiger partial charge in [0.1, 0.15) is 5.52 Å². The molecule has 3 aromatic heterocycles. The molecule has 9 aromatic rings. The van der Waals surface area contributed by atoms with Gasteiger partial charge < -0.3 is 4.42 Å². The topological polar surface area (TPSA) is 51.8 Å². The van der Waals surface area contributed by atoms with Gasteiger partial charge in [-0.2, -0.15) is 0 Å². The van der Waals surface area contributed by atoms with E-state index in [1.54, 1.807) is 0 Å². The van der Waals surface area contributed by atoms with Crippen molar-refractivity contribution in [2.45, 2.75) is 0 Å². The van der Waals surface area contributed by atoms with Crippen molar-refractivity contribution in [2.24, 2.45) is 0 Å². The van der Waals surface area contributed by atoms with Crippen molar-refractivity contribution in [2.75, 3.05) is 0 Å². The average Bonchev–Trinajstić information content (AvgIpc) is 3.52. The molecule has 43 heavy (non-hydrogen) atoms. The van der Waals surface area contributed by atoms with E-state index >= 15 is 0 Å². The lowest BCUT2D eigenvalue weighted by Crippen LogP contribution is -1.92. The molecule has 0 aliphatic heterocycles. The van der Waals surface area contributed by atoms with Gasteiger partial charge >= 0.3 is 0 Å². The van der Waals surface area contributed by atoms with E-state index in [0.29, 0.717) is 5.89 Å². The fraction of sp³-hybridized carbons (Fsp3) is 0. The average molecular weight is 550 g/mol. The first-order valence-electron chi connectivity index (χ1n) is 14.3. The Balaban J connectivity index is 1.31. The van der Waals surface area contributed by atoms with Crippen LogP contribution in [0.1, 0.15) is 0 Å². The minimum Gasteiger partial charge on any atom is -0.436 e. The van der Waals surface area contributed by atoms with Crippen LogP contribution in [0.15, 0.2) is 144 Å². The Bertz CT molecular complexity index is 2360. The minimum absolute atomic E-state index is 0.641. The van der Waals surface area contributed by atoms with Crippen LogP contribution in [0.25, 0.3) is 88.5 Å². The summed E-state index contributed by atoms with van der Waals surface area (Å²) >= 11 is 0. The van der Waals surface area contributed by atoms with Crippen LogP contribution in [-0.4, -0.2) is 15.0 Å². The molecule has 0 fully saturated rings. The Kier molecular flexibility index (Phi) is 5.16. The number of benzene rings is 6. The molecule has 6 aromatic carbocycles. The molecule has 0 N–H and O–H groups in total. The number of fused-ring (bicyclic) bond motifs is 1. The highest BCUT2D eigenvalue weighted by Crippen LogP contribution is 2.43. The highest BCUT2D eigenvalue weighted by atomic mass is 16.3. The first-order valence-corrected chi connectivity index (χ1v) is 14.3. The van der Waals surface area contributed by atoms with E-state index in [4.69, 9.17) is 9.40 Å². The van der Waals surface area contributed by atoms with E-state index in [1.165, 1.54) is 32.5 Å². The van der Waals surface area contributed by atoms with Crippen molar-refractivity contribution in [3.63, 3.8) is 0 Å². The molecule has 0 aliphatic rings. The monoisotopic (exact) mass is 549 g/mol. The van der Waals surface area contributed by atoms with Crippen molar-refractivity contribution in [3.05, 3.63) is 140 Å². The van der Waals surface area contributed by atoms with Gasteiger partial charge in [-0.05, 0) is 104 Å². The van der Waals surface area contributed by atoms with Crippen LogP contribution in [0.3, 0.4) is 0 Å². The quantitative estimate of drug-likeness (QED) is 0.205. The molecule has 0 radical (unpaired) electrons. The molecule has 9 rings (SSSR count). The van der Waals surface area contributed by atoms with E-state index < -0.39 is 0 Å². The van der Waals surface area contributed by atoms with Gasteiger partial charge in [0.15, 0.2) is 5.58 Å². The Morgan fingerprint density at radius 2 is 1.02 bits per heavy atom. The third-order valence-corrected chi connectivity index (χ3v) is 8.35. The maximum Gasteiger partial charge on any atom is 0.227 e. The molecule has 4 nitrogen and oxygen atoms in total. The summed E-state index contributed by atoms with van der Waals surface area (Å²) in [6.45, 7) is 0. The number of para-hydroxylation sites is 2.